The molecule has 3 aromatic rings. The van der Waals surface area contributed by atoms with E-state index in [-0.39, 0.29) is 17.7 Å². The molecule has 0 fully saturated rings. The topological polar surface area (TPSA) is 71.6 Å². The molecule has 4 heterocycles. The van der Waals surface area contributed by atoms with Crippen molar-refractivity contribution in [3.63, 3.8) is 0 Å². The molecule has 0 saturated carbocycles. The Morgan fingerprint density at radius 1 is 1.30 bits per heavy atom. The predicted molar refractivity (Wildman–Crippen MR) is 112 cm³/mol. The van der Waals surface area contributed by atoms with Crippen LogP contribution in [0.4, 0.5) is 0 Å². The number of rotatable bonds is 7. The summed E-state index contributed by atoms with van der Waals surface area (Å²) in [5.74, 6) is 1.40. The van der Waals surface area contributed by atoms with Gasteiger partial charge in [0.25, 0.3) is 11.1 Å². The van der Waals surface area contributed by atoms with Gasteiger partial charge < -0.3 is 4.42 Å². The van der Waals surface area contributed by atoms with Crippen molar-refractivity contribution in [1.82, 2.24) is 15.2 Å². The van der Waals surface area contributed by atoms with E-state index >= 15 is 0 Å². The van der Waals surface area contributed by atoms with E-state index in [1.54, 1.807) is 39.4 Å². The first-order valence-electron chi connectivity index (χ1n) is 8.15. The van der Waals surface area contributed by atoms with Gasteiger partial charge in [-0.2, -0.15) is 16.9 Å². The van der Waals surface area contributed by atoms with Crippen LogP contribution in [0.1, 0.15) is 28.1 Å². The molecule has 1 atom stereocenters. The highest BCUT2D eigenvalue weighted by atomic mass is 32.2. The smallest absolute Gasteiger partial charge is 0.277 e. The predicted octanol–water partition coefficient (Wildman–Crippen LogP) is 4.53. The number of carbonyl (C=O) groups excluding carboxylic acids is 1. The first kappa shape index (κ1) is 18.7. The van der Waals surface area contributed by atoms with Crippen molar-refractivity contribution >= 4 is 57.8 Å². The van der Waals surface area contributed by atoms with Crippen molar-refractivity contribution in [2.45, 2.75) is 23.4 Å². The van der Waals surface area contributed by atoms with Crippen LogP contribution in [0, 0.1) is 0 Å². The van der Waals surface area contributed by atoms with Gasteiger partial charge in [-0.3, -0.25) is 4.79 Å². The molecule has 0 bridgehead atoms. The molecule has 0 aromatic carbocycles. The molecule has 4 rings (SSSR count). The van der Waals surface area contributed by atoms with Crippen LogP contribution in [0.5, 0.6) is 0 Å². The van der Waals surface area contributed by atoms with Crippen LogP contribution in [-0.4, -0.2) is 38.8 Å². The lowest BCUT2D eigenvalue weighted by Gasteiger charge is -2.20. The number of nitrogens with zero attached hydrogens (tertiary/aromatic N) is 4. The third kappa shape index (κ3) is 4.29. The van der Waals surface area contributed by atoms with Crippen LogP contribution in [0.2, 0.25) is 0 Å². The average Bonchev–Trinajstić information content (AvgIpc) is 3.47. The second-order valence-electron chi connectivity index (χ2n) is 5.68. The molecule has 0 radical (unpaired) electrons. The maximum Gasteiger partial charge on any atom is 0.277 e. The van der Waals surface area contributed by atoms with Gasteiger partial charge in [0.05, 0.1) is 28.1 Å². The molecule has 0 unspecified atom stereocenters. The van der Waals surface area contributed by atoms with E-state index in [0.717, 1.165) is 21.9 Å². The molecular formula is C17H16N4O2S4. The minimum Gasteiger partial charge on any atom is -0.415 e. The first-order valence-corrected chi connectivity index (χ1v) is 12.3. The summed E-state index contributed by atoms with van der Waals surface area (Å²) >= 11 is 6.17. The Hall–Kier alpha value is -1.62. The molecule has 140 valence electrons. The van der Waals surface area contributed by atoms with Gasteiger partial charge in [-0.15, -0.1) is 32.9 Å². The molecule has 1 amide bonds. The number of thiophene rings is 2. The summed E-state index contributed by atoms with van der Waals surface area (Å²) in [7, 11) is 0. The maximum absolute atomic E-state index is 12.9. The summed E-state index contributed by atoms with van der Waals surface area (Å²) in [5, 5.41) is 18.7. The third-order valence-corrected chi connectivity index (χ3v) is 7.11. The summed E-state index contributed by atoms with van der Waals surface area (Å²) in [4.78, 5) is 15.1. The fraction of sp³-hybridized carbons (Fsp3) is 0.294. The summed E-state index contributed by atoms with van der Waals surface area (Å²) in [6, 6.07) is 8.06. The van der Waals surface area contributed by atoms with Crippen molar-refractivity contribution < 1.29 is 9.21 Å². The van der Waals surface area contributed by atoms with Crippen molar-refractivity contribution in [3.05, 3.63) is 50.7 Å². The lowest BCUT2D eigenvalue weighted by molar-refractivity contribution is -0.130. The monoisotopic (exact) mass is 436 g/mol. The molecule has 3 aromatic heterocycles. The highest BCUT2D eigenvalue weighted by Crippen LogP contribution is 2.36. The Balaban J connectivity index is 1.48. The third-order valence-electron chi connectivity index (χ3n) is 3.88. The molecule has 1 aliphatic rings. The minimum atomic E-state index is -0.0606. The normalized spacial score (nSPS) is 16.7. The Morgan fingerprint density at radius 2 is 2.15 bits per heavy atom. The van der Waals surface area contributed by atoms with Crippen LogP contribution < -0.4 is 0 Å². The molecule has 0 N–H and O–H groups in total. The summed E-state index contributed by atoms with van der Waals surface area (Å²) in [6.07, 6.45) is 2.71. The number of hydrogen-bond acceptors (Lipinski definition) is 9. The largest absolute Gasteiger partial charge is 0.415 e. The van der Waals surface area contributed by atoms with Crippen molar-refractivity contribution in [2.75, 3.05) is 12.0 Å². The summed E-state index contributed by atoms with van der Waals surface area (Å²) in [6.45, 7) is 0. The van der Waals surface area contributed by atoms with Gasteiger partial charge in [0, 0.05) is 11.3 Å². The van der Waals surface area contributed by atoms with Crippen molar-refractivity contribution in [3.8, 4) is 0 Å². The second kappa shape index (κ2) is 8.59. The zero-order valence-corrected chi connectivity index (χ0v) is 17.7. The minimum absolute atomic E-state index is 0.0510. The molecule has 0 saturated heterocycles. The summed E-state index contributed by atoms with van der Waals surface area (Å²) < 4.78 is 5.53. The fourth-order valence-corrected chi connectivity index (χ4v) is 5.23. The highest BCUT2D eigenvalue weighted by Gasteiger charge is 2.34. The SMILES string of the molecule is CSCc1nnc(SCC(=O)N2N=C(c3cccs3)C[C@H]2c2cccs2)o1. The van der Waals surface area contributed by atoms with Crippen LogP contribution in [-0.2, 0) is 10.5 Å². The summed E-state index contributed by atoms with van der Waals surface area (Å²) in [5.41, 5.74) is 0.960. The van der Waals surface area contributed by atoms with E-state index in [4.69, 9.17) is 4.42 Å². The lowest BCUT2D eigenvalue weighted by Crippen LogP contribution is -2.28. The second-order valence-corrected chi connectivity index (χ2v) is 9.40. The quantitative estimate of drug-likeness (QED) is 0.507. The molecule has 0 aliphatic carbocycles. The Labute approximate surface area is 173 Å². The number of hydrogen-bond donors (Lipinski definition) is 0. The van der Waals surface area contributed by atoms with Crippen molar-refractivity contribution in [2.24, 2.45) is 5.10 Å². The van der Waals surface area contributed by atoms with Gasteiger partial charge in [0.15, 0.2) is 0 Å². The Morgan fingerprint density at radius 3 is 2.89 bits per heavy atom. The van der Waals surface area contributed by atoms with E-state index in [1.807, 2.05) is 35.2 Å². The zero-order chi connectivity index (χ0) is 18.6. The Kier molecular flexibility index (Phi) is 5.96. The van der Waals surface area contributed by atoms with Gasteiger partial charge in [-0.1, -0.05) is 23.9 Å². The number of thioether (sulfide) groups is 2. The van der Waals surface area contributed by atoms with Crippen LogP contribution in [0.15, 0.2) is 49.8 Å². The molecule has 10 heteroatoms. The van der Waals surface area contributed by atoms with Crippen LogP contribution in [0.25, 0.3) is 0 Å². The van der Waals surface area contributed by atoms with Gasteiger partial charge in [-0.25, -0.2) is 5.01 Å². The van der Waals surface area contributed by atoms with E-state index < -0.39 is 0 Å². The molecule has 0 spiro atoms. The maximum atomic E-state index is 12.9. The average molecular weight is 437 g/mol. The van der Waals surface area contributed by atoms with Gasteiger partial charge >= 0.3 is 0 Å². The molecular weight excluding hydrogens is 420 g/mol. The number of carbonyl (C=O) groups is 1. The van der Waals surface area contributed by atoms with E-state index in [2.05, 4.69) is 21.4 Å². The number of hydrazone groups is 1. The fourth-order valence-electron chi connectivity index (χ4n) is 2.70. The standard InChI is InChI=1S/C17H16N4O2S4/c1-24-9-15-18-19-17(23-15)27-10-16(22)21-12(14-5-3-7-26-14)8-11(20-21)13-4-2-6-25-13/h2-7,12H,8-10H2,1H3/t12-/m0/s1. The number of aromatic nitrogens is 2. The van der Waals surface area contributed by atoms with Gasteiger partial charge in [0.2, 0.25) is 5.89 Å². The van der Waals surface area contributed by atoms with Gasteiger partial charge in [0.1, 0.15) is 0 Å². The van der Waals surface area contributed by atoms with Crippen molar-refractivity contribution in [1.29, 1.82) is 0 Å². The van der Waals surface area contributed by atoms with Crippen LogP contribution >= 0.6 is 46.2 Å². The Bertz CT molecular complexity index is 921. The molecule has 6 nitrogen and oxygen atoms in total. The first-order chi connectivity index (χ1) is 13.2. The zero-order valence-electron chi connectivity index (χ0n) is 14.4. The van der Waals surface area contributed by atoms with E-state index in [9.17, 15) is 4.79 Å². The number of amides is 1. The van der Waals surface area contributed by atoms with E-state index in [0.29, 0.717) is 16.9 Å². The molecule has 27 heavy (non-hydrogen) atoms. The molecule has 1 aliphatic heterocycles. The van der Waals surface area contributed by atoms with Crippen LogP contribution in [0.3, 0.4) is 0 Å². The van der Waals surface area contributed by atoms with E-state index in [1.165, 1.54) is 11.8 Å². The highest BCUT2D eigenvalue weighted by molar-refractivity contribution is 7.99. The lowest BCUT2D eigenvalue weighted by atomic mass is 10.1. The van der Waals surface area contributed by atoms with Gasteiger partial charge in [-0.05, 0) is 29.1 Å².